The summed E-state index contributed by atoms with van der Waals surface area (Å²) in [5.41, 5.74) is 1.87. The highest BCUT2D eigenvalue weighted by molar-refractivity contribution is 9.09. The van der Waals surface area contributed by atoms with Gasteiger partial charge in [0.25, 0.3) is 0 Å². The average molecular weight is 279 g/mol. The Morgan fingerprint density at radius 1 is 0.938 bits per heavy atom. The van der Waals surface area contributed by atoms with Gasteiger partial charge in [0.2, 0.25) is 0 Å². The number of hydrogen-bond donors (Lipinski definition) is 0. The van der Waals surface area contributed by atoms with Crippen molar-refractivity contribution in [2.24, 2.45) is 0 Å². The lowest BCUT2D eigenvalue weighted by Crippen LogP contribution is -2.04. The second-order valence-corrected chi connectivity index (χ2v) is 4.29. The van der Waals surface area contributed by atoms with Gasteiger partial charge in [0.05, 0.1) is 0 Å². The van der Waals surface area contributed by atoms with Crippen LogP contribution in [0.4, 0.5) is 4.39 Å². The Kier molecular flexibility index (Phi) is 3.73. The maximum atomic E-state index is 13.7. The summed E-state index contributed by atoms with van der Waals surface area (Å²) in [7, 11) is 0. The fraction of sp³-hybridized carbons (Fsp3) is 0.143. The standard InChI is InChI=1S/C14H12BrF/c15-10-13(11-6-2-1-3-7-11)12-8-4-5-9-14(12)16/h1-9,13H,10H2. The number of hydrogen-bond acceptors (Lipinski definition) is 0. The minimum atomic E-state index is -0.143. The lowest BCUT2D eigenvalue weighted by Gasteiger charge is -2.15. The van der Waals surface area contributed by atoms with Gasteiger partial charge in [-0.1, -0.05) is 64.5 Å². The van der Waals surface area contributed by atoms with Crippen LogP contribution in [0, 0.1) is 5.82 Å². The van der Waals surface area contributed by atoms with Crippen molar-refractivity contribution in [3.05, 3.63) is 71.5 Å². The molecule has 0 aromatic heterocycles. The molecule has 0 bridgehead atoms. The van der Waals surface area contributed by atoms with Crippen molar-refractivity contribution in [2.45, 2.75) is 5.92 Å². The van der Waals surface area contributed by atoms with Gasteiger partial charge in [-0.05, 0) is 17.2 Å². The van der Waals surface area contributed by atoms with Crippen LogP contribution >= 0.6 is 15.9 Å². The average Bonchev–Trinajstić information content (AvgIpc) is 2.34. The highest BCUT2D eigenvalue weighted by atomic mass is 79.9. The molecule has 1 unspecified atom stereocenters. The molecule has 0 saturated heterocycles. The molecule has 0 aliphatic rings. The van der Waals surface area contributed by atoms with Crippen LogP contribution in [0.2, 0.25) is 0 Å². The Morgan fingerprint density at radius 2 is 1.56 bits per heavy atom. The largest absolute Gasteiger partial charge is 0.207 e. The third kappa shape index (κ3) is 2.33. The van der Waals surface area contributed by atoms with E-state index in [1.807, 2.05) is 42.5 Å². The third-order valence-corrected chi connectivity index (χ3v) is 3.28. The molecule has 0 fully saturated rings. The van der Waals surface area contributed by atoms with Crippen LogP contribution in [-0.2, 0) is 0 Å². The Balaban J connectivity index is 2.41. The normalized spacial score (nSPS) is 12.4. The van der Waals surface area contributed by atoms with E-state index < -0.39 is 0 Å². The van der Waals surface area contributed by atoms with E-state index in [0.717, 1.165) is 16.5 Å². The highest BCUT2D eigenvalue weighted by Gasteiger charge is 2.15. The van der Waals surface area contributed by atoms with Crippen molar-refractivity contribution in [3.8, 4) is 0 Å². The summed E-state index contributed by atoms with van der Waals surface area (Å²) in [6.07, 6.45) is 0. The minimum Gasteiger partial charge on any atom is -0.207 e. The number of alkyl halides is 1. The van der Waals surface area contributed by atoms with E-state index in [1.54, 1.807) is 6.07 Å². The molecular formula is C14H12BrF. The summed E-state index contributed by atoms with van der Waals surface area (Å²) >= 11 is 3.46. The minimum absolute atomic E-state index is 0.0717. The monoisotopic (exact) mass is 278 g/mol. The van der Waals surface area contributed by atoms with Crippen molar-refractivity contribution in [2.75, 3.05) is 5.33 Å². The zero-order chi connectivity index (χ0) is 11.4. The van der Waals surface area contributed by atoms with Crippen LogP contribution < -0.4 is 0 Å². The summed E-state index contributed by atoms with van der Waals surface area (Å²) in [6.45, 7) is 0. The predicted molar refractivity (Wildman–Crippen MR) is 68.5 cm³/mol. The van der Waals surface area contributed by atoms with Crippen molar-refractivity contribution in [1.82, 2.24) is 0 Å². The fourth-order valence-corrected chi connectivity index (χ4v) is 2.52. The topological polar surface area (TPSA) is 0 Å². The lowest BCUT2D eigenvalue weighted by atomic mass is 9.93. The first-order valence-electron chi connectivity index (χ1n) is 5.18. The summed E-state index contributed by atoms with van der Waals surface area (Å²) in [4.78, 5) is 0. The maximum Gasteiger partial charge on any atom is 0.127 e. The second-order valence-electron chi connectivity index (χ2n) is 3.64. The van der Waals surface area contributed by atoms with Crippen LogP contribution in [0.5, 0.6) is 0 Å². The Labute approximate surface area is 103 Å². The van der Waals surface area contributed by atoms with Crippen molar-refractivity contribution >= 4 is 15.9 Å². The quantitative estimate of drug-likeness (QED) is 0.733. The van der Waals surface area contributed by atoms with Gasteiger partial charge in [-0.25, -0.2) is 4.39 Å². The third-order valence-electron chi connectivity index (χ3n) is 2.64. The number of halogens is 2. The van der Waals surface area contributed by atoms with Crippen LogP contribution in [0.25, 0.3) is 0 Å². The summed E-state index contributed by atoms with van der Waals surface area (Å²) in [5.74, 6) is -0.0711. The molecule has 0 nitrogen and oxygen atoms in total. The molecule has 1 atom stereocenters. The van der Waals surface area contributed by atoms with E-state index in [9.17, 15) is 4.39 Å². The molecule has 0 N–H and O–H groups in total. The summed E-state index contributed by atoms with van der Waals surface area (Å²) in [6, 6.07) is 16.9. The van der Waals surface area contributed by atoms with E-state index >= 15 is 0 Å². The first-order chi connectivity index (χ1) is 7.83. The van der Waals surface area contributed by atoms with Crippen molar-refractivity contribution in [3.63, 3.8) is 0 Å². The molecular weight excluding hydrogens is 267 g/mol. The van der Waals surface area contributed by atoms with E-state index in [1.165, 1.54) is 6.07 Å². The van der Waals surface area contributed by atoms with E-state index in [2.05, 4.69) is 15.9 Å². The van der Waals surface area contributed by atoms with Crippen LogP contribution in [0.1, 0.15) is 17.0 Å². The molecule has 0 aliphatic carbocycles. The lowest BCUT2D eigenvalue weighted by molar-refractivity contribution is 0.604. The zero-order valence-electron chi connectivity index (χ0n) is 8.74. The fourth-order valence-electron chi connectivity index (χ4n) is 1.79. The molecule has 2 rings (SSSR count). The van der Waals surface area contributed by atoms with Gasteiger partial charge in [0.15, 0.2) is 0 Å². The maximum absolute atomic E-state index is 13.7. The predicted octanol–water partition coefficient (Wildman–Crippen LogP) is 4.35. The zero-order valence-corrected chi connectivity index (χ0v) is 10.3. The van der Waals surface area contributed by atoms with Gasteiger partial charge < -0.3 is 0 Å². The second kappa shape index (κ2) is 5.26. The van der Waals surface area contributed by atoms with Gasteiger partial charge in [-0.2, -0.15) is 0 Å². The van der Waals surface area contributed by atoms with Gasteiger partial charge in [-0.15, -0.1) is 0 Å². The Bertz CT molecular complexity index is 453. The Morgan fingerprint density at radius 3 is 2.19 bits per heavy atom. The molecule has 2 heteroatoms. The molecule has 2 aromatic carbocycles. The molecule has 0 amide bonds. The van der Waals surface area contributed by atoms with Crippen molar-refractivity contribution < 1.29 is 4.39 Å². The summed E-state index contributed by atoms with van der Waals surface area (Å²) in [5, 5.41) is 0.720. The molecule has 0 aliphatic heterocycles. The van der Waals surface area contributed by atoms with Crippen molar-refractivity contribution in [1.29, 1.82) is 0 Å². The van der Waals surface area contributed by atoms with Gasteiger partial charge in [0.1, 0.15) is 5.82 Å². The molecule has 0 saturated carbocycles. The summed E-state index contributed by atoms with van der Waals surface area (Å²) < 4.78 is 13.7. The molecule has 82 valence electrons. The van der Waals surface area contributed by atoms with Gasteiger partial charge in [0, 0.05) is 11.2 Å². The molecule has 0 radical (unpaired) electrons. The van der Waals surface area contributed by atoms with E-state index in [4.69, 9.17) is 0 Å². The first-order valence-corrected chi connectivity index (χ1v) is 6.30. The number of benzene rings is 2. The Hall–Kier alpha value is -1.15. The molecule has 2 aromatic rings. The first kappa shape index (κ1) is 11.3. The van der Waals surface area contributed by atoms with Gasteiger partial charge >= 0.3 is 0 Å². The number of rotatable bonds is 3. The van der Waals surface area contributed by atoms with E-state index in [-0.39, 0.29) is 11.7 Å². The smallest absolute Gasteiger partial charge is 0.127 e. The SMILES string of the molecule is Fc1ccccc1C(CBr)c1ccccc1. The van der Waals surface area contributed by atoms with E-state index in [0.29, 0.717) is 0 Å². The van der Waals surface area contributed by atoms with Crippen LogP contribution in [0.15, 0.2) is 54.6 Å². The molecule has 0 spiro atoms. The molecule has 0 heterocycles. The van der Waals surface area contributed by atoms with Gasteiger partial charge in [-0.3, -0.25) is 0 Å². The highest BCUT2D eigenvalue weighted by Crippen LogP contribution is 2.28. The van der Waals surface area contributed by atoms with Crippen LogP contribution in [-0.4, -0.2) is 5.33 Å². The molecule has 16 heavy (non-hydrogen) atoms. The van der Waals surface area contributed by atoms with Crippen LogP contribution in [0.3, 0.4) is 0 Å².